The number of methoxy groups -OCH3 is 1. The molecule has 1 aliphatic heterocycles. The number of urea groups is 1. The molecule has 0 spiro atoms. The molecule has 0 aliphatic carbocycles. The highest BCUT2D eigenvalue weighted by molar-refractivity contribution is 5.82. The molecule has 0 aromatic rings. The number of likely N-dealkylation sites (N-methyl/N-ethyl adjacent to an activating group) is 1. The number of rotatable bonds is 4. The third-order valence-corrected chi connectivity index (χ3v) is 3.19. The number of aliphatic carboxylic acids is 1. The number of nitrogens with zero attached hydrogens (tertiary/aromatic N) is 2. The molecule has 0 radical (unpaired) electrons. The summed E-state index contributed by atoms with van der Waals surface area (Å²) in [4.78, 5) is 25.9. The molecule has 6 nitrogen and oxygen atoms in total. The molecule has 2 unspecified atom stereocenters. The Kier molecular flexibility index (Phi) is 4.74. The first kappa shape index (κ1) is 13.8. The van der Waals surface area contributed by atoms with Gasteiger partial charge in [0, 0.05) is 27.2 Å². The SMILES string of the molecule is CCC(C(=O)O)N(C)C(=O)N1CCC(OC)C1. The van der Waals surface area contributed by atoms with Crippen LogP contribution in [0, 0.1) is 0 Å². The predicted octanol–water partition coefficient (Wildman–Crippen LogP) is 0.622. The van der Waals surface area contributed by atoms with Gasteiger partial charge in [-0.15, -0.1) is 0 Å². The Labute approximate surface area is 101 Å². The summed E-state index contributed by atoms with van der Waals surface area (Å²) in [5.41, 5.74) is 0. The van der Waals surface area contributed by atoms with Crippen LogP contribution in [0.3, 0.4) is 0 Å². The molecule has 6 heteroatoms. The van der Waals surface area contributed by atoms with Crippen molar-refractivity contribution in [1.82, 2.24) is 9.80 Å². The minimum absolute atomic E-state index is 0.0669. The van der Waals surface area contributed by atoms with Crippen molar-refractivity contribution in [3.05, 3.63) is 0 Å². The van der Waals surface area contributed by atoms with Crippen LogP contribution in [0.2, 0.25) is 0 Å². The van der Waals surface area contributed by atoms with Gasteiger partial charge in [0.2, 0.25) is 0 Å². The maximum Gasteiger partial charge on any atom is 0.326 e. The van der Waals surface area contributed by atoms with Crippen molar-refractivity contribution in [3.63, 3.8) is 0 Å². The molecular weight excluding hydrogens is 224 g/mol. The van der Waals surface area contributed by atoms with Crippen molar-refractivity contribution in [1.29, 1.82) is 0 Å². The number of carboxylic acid groups (broad SMARTS) is 1. The van der Waals surface area contributed by atoms with Crippen LogP contribution in [-0.4, -0.2) is 66.3 Å². The quantitative estimate of drug-likeness (QED) is 0.787. The number of hydrogen-bond acceptors (Lipinski definition) is 3. The number of likely N-dealkylation sites (tertiary alicyclic amines) is 1. The zero-order chi connectivity index (χ0) is 13.0. The molecule has 1 rings (SSSR count). The highest BCUT2D eigenvalue weighted by atomic mass is 16.5. The highest BCUT2D eigenvalue weighted by Gasteiger charge is 2.32. The van der Waals surface area contributed by atoms with Crippen LogP contribution in [-0.2, 0) is 9.53 Å². The van der Waals surface area contributed by atoms with Crippen LogP contribution in [0.5, 0.6) is 0 Å². The van der Waals surface area contributed by atoms with Crippen molar-refractivity contribution < 1.29 is 19.4 Å². The largest absolute Gasteiger partial charge is 0.480 e. The lowest BCUT2D eigenvalue weighted by Gasteiger charge is -2.28. The third kappa shape index (κ3) is 3.09. The molecule has 1 N–H and O–H groups in total. The van der Waals surface area contributed by atoms with E-state index in [1.54, 1.807) is 18.9 Å². The van der Waals surface area contributed by atoms with E-state index < -0.39 is 12.0 Å². The van der Waals surface area contributed by atoms with Gasteiger partial charge in [0.15, 0.2) is 0 Å². The summed E-state index contributed by atoms with van der Waals surface area (Å²) in [5, 5.41) is 9.00. The van der Waals surface area contributed by atoms with E-state index in [0.717, 1.165) is 6.42 Å². The van der Waals surface area contributed by atoms with E-state index in [-0.39, 0.29) is 12.1 Å². The second-order valence-electron chi connectivity index (χ2n) is 4.25. The molecule has 0 saturated carbocycles. The number of amides is 2. The highest BCUT2D eigenvalue weighted by Crippen LogP contribution is 2.15. The van der Waals surface area contributed by atoms with E-state index >= 15 is 0 Å². The van der Waals surface area contributed by atoms with Crippen LogP contribution in [0.25, 0.3) is 0 Å². The molecule has 0 aromatic heterocycles. The Bertz CT molecular complexity index is 295. The van der Waals surface area contributed by atoms with E-state index in [1.807, 2.05) is 0 Å². The summed E-state index contributed by atoms with van der Waals surface area (Å²) in [6.45, 7) is 2.91. The van der Waals surface area contributed by atoms with Gasteiger partial charge >= 0.3 is 12.0 Å². The van der Waals surface area contributed by atoms with Gasteiger partial charge in [0.25, 0.3) is 0 Å². The summed E-state index contributed by atoms with van der Waals surface area (Å²) in [5.74, 6) is -0.967. The van der Waals surface area contributed by atoms with E-state index in [4.69, 9.17) is 9.84 Å². The third-order valence-electron chi connectivity index (χ3n) is 3.19. The molecule has 1 saturated heterocycles. The van der Waals surface area contributed by atoms with Crippen LogP contribution >= 0.6 is 0 Å². The monoisotopic (exact) mass is 244 g/mol. The van der Waals surface area contributed by atoms with Crippen molar-refractivity contribution in [2.24, 2.45) is 0 Å². The Morgan fingerprint density at radius 3 is 2.65 bits per heavy atom. The fourth-order valence-corrected chi connectivity index (χ4v) is 2.06. The average Bonchev–Trinajstić information content (AvgIpc) is 2.76. The maximum atomic E-state index is 12.0. The first-order chi connectivity index (χ1) is 8.01. The molecular formula is C11H20N2O4. The van der Waals surface area contributed by atoms with Crippen molar-refractivity contribution >= 4 is 12.0 Å². The molecule has 98 valence electrons. The van der Waals surface area contributed by atoms with E-state index in [2.05, 4.69) is 0 Å². The Balaban J connectivity index is 2.60. The van der Waals surface area contributed by atoms with E-state index in [0.29, 0.717) is 19.5 Å². The number of carboxylic acids is 1. The molecule has 17 heavy (non-hydrogen) atoms. The van der Waals surface area contributed by atoms with Gasteiger partial charge in [-0.2, -0.15) is 0 Å². The fraction of sp³-hybridized carbons (Fsp3) is 0.818. The van der Waals surface area contributed by atoms with Gasteiger partial charge in [-0.05, 0) is 12.8 Å². The van der Waals surface area contributed by atoms with Crippen molar-refractivity contribution in [3.8, 4) is 0 Å². The van der Waals surface area contributed by atoms with Gasteiger partial charge in [0.05, 0.1) is 6.10 Å². The minimum atomic E-state index is -0.967. The number of hydrogen-bond donors (Lipinski definition) is 1. The molecule has 1 heterocycles. The summed E-state index contributed by atoms with van der Waals surface area (Å²) in [7, 11) is 3.15. The van der Waals surface area contributed by atoms with Crippen LogP contribution in [0.15, 0.2) is 0 Å². The molecule has 0 bridgehead atoms. The molecule has 2 atom stereocenters. The molecule has 1 aliphatic rings. The molecule has 1 fully saturated rings. The lowest BCUT2D eigenvalue weighted by Crippen LogP contribution is -2.48. The van der Waals surface area contributed by atoms with Crippen LogP contribution in [0.4, 0.5) is 4.79 Å². The first-order valence-electron chi connectivity index (χ1n) is 5.78. The number of carbonyl (C=O) groups excluding carboxylic acids is 1. The zero-order valence-electron chi connectivity index (χ0n) is 10.5. The van der Waals surface area contributed by atoms with Crippen molar-refractivity contribution in [2.45, 2.75) is 31.9 Å². The fourth-order valence-electron chi connectivity index (χ4n) is 2.06. The van der Waals surface area contributed by atoms with E-state index in [9.17, 15) is 9.59 Å². The lowest BCUT2D eigenvalue weighted by atomic mass is 10.2. The Morgan fingerprint density at radius 2 is 2.24 bits per heavy atom. The smallest absolute Gasteiger partial charge is 0.326 e. The van der Waals surface area contributed by atoms with Gasteiger partial charge < -0.3 is 19.6 Å². The van der Waals surface area contributed by atoms with Crippen molar-refractivity contribution in [2.75, 3.05) is 27.2 Å². The van der Waals surface area contributed by atoms with Gasteiger partial charge in [-0.3, -0.25) is 0 Å². The Hall–Kier alpha value is -1.30. The second kappa shape index (κ2) is 5.86. The number of carbonyl (C=O) groups is 2. The zero-order valence-corrected chi connectivity index (χ0v) is 10.5. The normalized spacial score (nSPS) is 21.4. The second-order valence-corrected chi connectivity index (χ2v) is 4.25. The number of ether oxygens (including phenoxy) is 1. The first-order valence-corrected chi connectivity index (χ1v) is 5.78. The maximum absolute atomic E-state index is 12.0. The predicted molar refractivity (Wildman–Crippen MR) is 61.9 cm³/mol. The standard InChI is InChI=1S/C11H20N2O4/c1-4-9(10(14)15)12(2)11(16)13-6-5-8(7-13)17-3/h8-9H,4-7H2,1-3H3,(H,14,15). The summed E-state index contributed by atoms with van der Waals surface area (Å²) < 4.78 is 5.18. The van der Waals surface area contributed by atoms with E-state index in [1.165, 1.54) is 11.9 Å². The minimum Gasteiger partial charge on any atom is -0.480 e. The molecule has 0 aromatic carbocycles. The lowest BCUT2D eigenvalue weighted by molar-refractivity contribution is -0.142. The molecule has 2 amide bonds. The van der Waals surface area contributed by atoms with Crippen LogP contribution in [0.1, 0.15) is 19.8 Å². The van der Waals surface area contributed by atoms with Gasteiger partial charge in [0.1, 0.15) is 6.04 Å². The van der Waals surface area contributed by atoms with Gasteiger partial charge in [-0.1, -0.05) is 6.92 Å². The van der Waals surface area contributed by atoms with Crippen LogP contribution < -0.4 is 0 Å². The Morgan fingerprint density at radius 1 is 1.59 bits per heavy atom. The summed E-state index contributed by atoms with van der Waals surface area (Å²) >= 11 is 0. The topological polar surface area (TPSA) is 70.1 Å². The average molecular weight is 244 g/mol. The van der Waals surface area contributed by atoms with Gasteiger partial charge in [-0.25, -0.2) is 9.59 Å². The summed E-state index contributed by atoms with van der Waals surface area (Å²) in [6, 6.07) is -0.997. The summed E-state index contributed by atoms with van der Waals surface area (Å²) in [6.07, 6.45) is 1.27.